The first-order chi connectivity index (χ1) is 7.58. The highest BCUT2D eigenvalue weighted by molar-refractivity contribution is 5.67. The van der Waals surface area contributed by atoms with Crippen LogP contribution in [0.5, 0.6) is 0 Å². The van der Waals surface area contributed by atoms with Crippen molar-refractivity contribution in [3.05, 3.63) is 0 Å². The second kappa shape index (κ2) is 6.83. The molecule has 1 unspecified atom stereocenters. The Morgan fingerprint density at radius 2 is 2.38 bits per heavy atom. The van der Waals surface area contributed by atoms with E-state index in [2.05, 4.69) is 4.90 Å². The zero-order valence-electron chi connectivity index (χ0n) is 10.0. The molecule has 0 aromatic heterocycles. The van der Waals surface area contributed by atoms with Crippen LogP contribution in [0.3, 0.4) is 0 Å². The van der Waals surface area contributed by atoms with Crippen LogP contribution >= 0.6 is 0 Å². The molecule has 94 valence electrons. The first-order valence-electron chi connectivity index (χ1n) is 5.75. The maximum absolute atomic E-state index is 10.6. The highest BCUT2D eigenvalue weighted by atomic mass is 16.5. The third-order valence-electron chi connectivity index (χ3n) is 2.48. The Bertz CT molecular complexity index is 220. The van der Waals surface area contributed by atoms with Crippen molar-refractivity contribution in [3.8, 4) is 0 Å². The van der Waals surface area contributed by atoms with Crippen molar-refractivity contribution in [2.45, 2.75) is 32.5 Å². The average molecular weight is 231 g/mol. The Morgan fingerprint density at radius 3 is 3.00 bits per heavy atom. The van der Waals surface area contributed by atoms with Crippen LogP contribution < -0.4 is 0 Å². The summed E-state index contributed by atoms with van der Waals surface area (Å²) in [6, 6.07) is 0. The lowest BCUT2D eigenvalue weighted by atomic mass is 10.2. The van der Waals surface area contributed by atoms with Gasteiger partial charge in [0.15, 0.2) is 0 Å². The van der Waals surface area contributed by atoms with Crippen LogP contribution in [0.4, 0.5) is 0 Å². The summed E-state index contributed by atoms with van der Waals surface area (Å²) < 4.78 is 10.8. The third kappa shape index (κ3) is 5.44. The Morgan fingerprint density at radius 1 is 1.62 bits per heavy atom. The monoisotopic (exact) mass is 231 g/mol. The van der Waals surface area contributed by atoms with Gasteiger partial charge in [0, 0.05) is 19.6 Å². The molecule has 0 radical (unpaired) electrons. The summed E-state index contributed by atoms with van der Waals surface area (Å²) in [6.07, 6.45) is 0.155. The maximum atomic E-state index is 10.6. The van der Waals surface area contributed by atoms with Crippen LogP contribution in [0.1, 0.15) is 20.3 Å². The Kier molecular flexibility index (Phi) is 5.73. The molecule has 16 heavy (non-hydrogen) atoms. The standard InChI is InChI=1S/C11H21NO4/c1-9(2)15-5-3-12-4-6-16-10(8-12)7-11(13)14/h9-10H,3-8H2,1-2H3,(H,13,14). The van der Waals surface area contributed by atoms with Crippen LogP contribution in [-0.4, -0.2) is 61.0 Å². The Labute approximate surface area is 96.3 Å². The van der Waals surface area contributed by atoms with Crippen LogP contribution in [0.25, 0.3) is 0 Å². The molecular formula is C11H21NO4. The number of carbonyl (C=O) groups is 1. The van der Waals surface area contributed by atoms with E-state index in [1.165, 1.54) is 0 Å². The molecule has 0 aromatic carbocycles. The van der Waals surface area contributed by atoms with Gasteiger partial charge < -0.3 is 14.6 Å². The Balaban J connectivity index is 2.19. The van der Waals surface area contributed by atoms with E-state index in [9.17, 15) is 4.79 Å². The molecule has 5 nitrogen and oxygen atoms in total. The number of aliphatic carboxylic acids is 1. The number of nitrogens with zero attached hydrogens (tertiary/aromatic N) is 1. The highest BCUT2D eigenvalue weighted by Crippen LogP contribution is 2.08. The van der Waals surface area contributed by atoms with Crippen molar-refractivity contribution in [3.63, 3.8) is 0 Å². The van der Waals surface area contributed by atoms with Crippen molar-refractivity contribution >= 4 is 5.97 Å². The number of carboxylic acids is 1. The summed E-state index contributed by atoms with van der Waals surface area (Å²) in [5, 5.41) is 8.68. The van der Waals surface area contributed by atoms with Gasteiger partial charge in [-0.3, -0.25) is 9.69 Å². The van der Waals surface area contributed by atoms with Gasteiger partial charge in [-0.05, 0) is 13.8 Å². The van der Waals surface area contributed by atoms with E-state index in [1.54, 1.807) is 0 Å². The molecule has 0 aromatic rings. The minimum absolute atomic E-state index is 0.0849. The van der Waals surface area contributed by atoms with E-state index in [0.717, 1.165) is 13.1 Å². The summed E-state index contributed by atoms with van der Waals surface area (Å²) in [5.41, 5.74) is 0. The summed E-state index contributed by atoms with van der Waals surface area (Å²) in [7, 11) is 0. The fourth-order valence-electron chi connectivity index (χ4n) is 1.72. The third-order valence-corrected chi connectivity index (χ3v) is 2.48. The molecule has 0 saturated carbocycles. The smallest absolute Gasteiger partial charge is 0.306 e. The molecule has 1 fully saturated rings. The van der Waals surface area contributed by atoms with Gasteiger partial charge in [-0.15, -0.1) is 0 Å². The lowest BCUT2D eigenvalue weighted by Gasteiger charge is -2.32. The van der Waals surface area contributed by atoms with Crippen molar-refractivity contribution in [1.29, 1.82) is 0 Å². The predicted molar refractivity (Wildman–Crippen MR) is 59.5 cm³/mol. The summed E-state index contributed by atoms with van der Waals surface area (Å²) in [5.74, 6) is -0.801. The Hall–Kier alpha value is -0.650. The van der Waals surface area contributed by atoms with E-state index in [0.29, 0.717) is 19.8 Å². The van der Waals surface area contributed by atoms with Gasteiger partial charge in [0.25, 0.3) is 0 Å². The average Bonchev–Trinajstić information content (AvgIpc) is 2.16. The molecule has 0 aliphatic carbocycles. The lowest BCUT2D eigenvalue weighted by molar-refractivity contribution is -0.142. The fraction of sp³-hybridized carbons (Fsp3) is 0.909. The van der Waals surface area contributed by atoms with Gasteiger partial charge in [-0.25, -0.2) is 0 Å². The van der Waals surface area contributed by atoms with Crippen LogP contribution in [-0.2, 0) is 14.3 Å². The molecule has 1 rings (SSSR count). The summed E-state index contributed by atoms with van der Waals surface area (Å²) in [6.45, 7) is 7.71. The van der Waals surface area contributed by atoms with Gasteiger partial charge in [-0.2, -0.15) is 0 Å². The van der Waals surface area contributed by atoms with Crippen molar-refractivity contribution in [2.75, 3.05) is 32.8 Å². The van der Waals surface area contributed by atoms with E-state index in [-0.39, 0.29) is 18.6 Å². The zero-order chi connectivity index (χ0) is 12.0. The second-order valence-corrected chi connectivity index (χ2v) is 4.31. The first kappa shape index (κ1) is 13.4. The SMILES string of the molecule is CC(C)OCCN1CCOC(CC(=O)O)C1. The molecule has 1 saturated heterocycles. The molecule has 0 spiro atoms. The molecule has 1 heterocycles. The molecule has 1 atom stereocenters. The van der Waals surface area contributed by atoms with E-state index in [1.807, 2.05) is 13.8 Å². The van der Waals surface area contributed by atoms with Crippen molar-refractivity contribution in [1.82, 2.24) is 4.90 Å². The number of morpholine rings is 1. The van der Waals surface area contributed by atoms with Crippen molar-refractivity contribution in [2.24, 2.45) is 0 Å². The number of rotatable bonds is 6. The van der Waals surface area contributed by atoms with Gasteiger partial charge in [0.05, 0.1) is 31.8 Å². The van der Waals surface area contributed by atoms with E-state index >= 15 is 0 Å². The second-order valence-electron chi connectivity index (χ2n) is 4.31. The molecule has 0 bridgehead atoms. The van der Waals surface area contributed by atoms with Gasteiger partial charge in [0.1, 0.15) is 0 Å². The maximum Gasteiger partial charge on any atom is 0.306 e. The van der Waals surface area contributed by atoms with Gasteiger partial charge in [-0.1, -0.05) is 0 Å². The van der Waals surface area contributed by atoms with Crippen molar-refractivity contribution < 1.29 is 19.4 Å². The van der Waals surface area contributed by atoms with Crippen LogP contribution in [0, 0.1) is 0 Å². The molecule has 0 amide bonds. The minimum atomic E-state index is -0.801. The predicted octanol–water partition coefficient (Wildman–Crippen LogP) is 0.587. The normalized spacial score (nSPS) is 22.6. The number of hydrogen-bond acceptors (Lipinski definition) is 4. The van der Waals surface area contributed by atoms with E-state index < -0.39 is 5.97 Å². The molecule has 5 heteroatoms. The van der Waals surface area contributed by atoms with Gasteiger partial charge >= 0.3 is 5.97 Å². The fourth-order valence-corrected chi connectivity index (χ4v) is 1.72. The zero-order valence-corrected chi connectivity index (χ0v) is 10.0. The molecule has 1 aliphatic heterocycles. The minimum Gasteiger partial charge on any atom is -0.481 e. The van der Waals surface area contributed by atoms with E-state index in [4.69, 9.17) is 14.6 Å². The first-order valence-corrected chi connectivity index (χ1v) is 5.75. The number of carboxylic acid groups (broad SMARTS) is 1. The quantitative estimate of drug-likeness (QED) is 0.725. The highest BCUT2D eigenvalue weighted by Gasteiger charge is 2.22. The lowest BCUT2D eigenvalue weighted by Crippen LogP contribution is -2.44. The molecule has 1 aliphatic rings. The molecular weight excluding hydrogens is 210 g/mol. The van der Waals surface area contributed by atoms with Crippen LogP contribution in [0.15, 0.2) is 0 Å². The topological polar surface area (TPSA) is 59.0 Å². The summed E-state index contributed by atoms with van der Waals surface area (Å²) in [4.78, 5) is 12.7. The largest absolute Gasteiger partial charge is 0.481 e. The number of ether oxygens (including phenoxy) is 2. The number of hydrogen-bond donors (Lipinski definition) is 1. The summed E-state index contributed by atoms with van der Waals surface area (Å²) >= 11 is 0. The van der Waals surface area contributed by atoms with Crippen LogP contribution in [0.2, 0.25) is 0 Å². The molecule has 1 N–H and O–H groups in total. The van der Waals surface area contributed by atoms with Gasteiger partial charge in [0.2, 0.25) is 0 Å².